The maximum absolute atomic E-state index is 11.6. The second kappa shape index (κ2) is 6.39. The SMILES string of the molecule is C=CCCCc1cc2c(cc1C(=O)O)C1C=CCCC1CO2. The fraction of sp³-hybridized carbons (Fsp3) is 0.421. The van der Waals surface area contributed by atoms with E-state index in [4.69, 9.17) is 4.74 Å². The van der Waals surface area contributed by atoms with Gasteiger partial charge in [-0.2, -0.15) is 0 Å². The van der Waals surface area contributed by atoms with Gasteiger partial charge in [-0.15, -0.1) is 6.58 Å². The van der Waals surface area contributed by atoms with E-state index in [0.29, 0.717) is 17.4 Å². The molecule has 1 N–H and O–H groups in total. The first-order valence-corrected chi connectivity index (χ1v) is 8.01. The highest BCUT2D eigenvalue weighted by Gasteiger charge is 2.32. The van der Waals surface area contributed by atoms with Crippen LogP contribution in [0.25, 0.3) is 0 Å². The number of aromatic carboxylic acids is 1. The number of hydrogen-bond acceptors (Lipinski definition) is 2. The number of hydrogen-bond donors (Lipinski definition) is 1. The number of carbonyl (C=O) groups is 1. The Morgan fingerprint density at radius 3 is 3.09 bits per heavy atom. The molecule has 116 valence electrons. The third-order valence-electron chi connectivity index (χ3n) is 4.69. The summed E-state index contributed by atoms with van der Waals surface area (Å²) in [5.41, 5.74) is 2.33. The highest BCUT2D eigenvalue weighted by molar-refractivity contribution is 5.90. The lowest BCUT2D eigenvalue weighted by atomic mass is 9.77. The summed E-state index contributed by atoms with van der Waals surface area (Å²) in [4.78, 5) is 11.6. The Balaban J connectivity index is 1.97. The van der Waals surface area contributed by atoms with Crippen molar-refractivity contribution in [3.05, 3.63) is 53.6 Å². The minimum Gasteiger partial charge on any atom is -0.493 e. The Morgan fingerprint density at radius 2 is 2.32 bits per heavy atom. The topological polar surface area (TPSA) is 46.5 Å². The maximum atomic E-state index is 11.6. The summed E-state index contributed by atoms with van der Waals surface area (Å²) in [6, 6.07) is 3.79. The van der Waals surface area contributed by atoms with Crippen molar-refractivity contribution in [1.82, 2.24) is 0 Å². The highest BCUT2D eigenvalue weighted by Crippen LogP contribution is 2.43. The molecule has 0 radical (unpaired) electrons. The van der Waals surface area contributed by atoms with E-state index in [2.05, 4.69) is 18.7 Å². The van der Waals surface area contributed by atoms with Crippen molar-refractivity contribution in [2.75, 3.05) is 6.61 Å². The van der Waals surface area contributed by atoms with Gasteiger partial charge in [0.1, 0.15) is 5.75 Å². The van der Waals surface area contributed by atoms with Crippen molar-refractivity contribution in [3.8, 4) is 5.75 Å². The minimum atomic E-state index is -0.849. The van der Waals surface area contributed by atoms with Crippen molar-refractivity contribution in [2.24, 2.45) is 5.92 Å². The van der Waals surface area contributed by atoms with Gasteiger partial charge in [0.15, 0.2) is 0 Å². The predicted molar refractivity (Wildman–Crippen MR) is 86.6 cm³/mol. The zero-order chi connectivity index (χ0) is 15.5. The van der Waals surface area contributed by atoms with E-state index in [0.717, 1.165) is 55.6 Å². The zero-order valence-corrected chi connectivity index (χ0v) is 12.8. The van der Waals surface area contributed by atoms with Crippen LogP contribution in [0.2, 0.25) is 0 Å². The third kappa shape index (κ3) is 2.80. The molecule has 0 amide bonds. The standard InChI is InChI=1S/C19H22O3/c1-2-3-4-7-13-10-18-17(11-16(13)19(20)21)15-9-6-5-8-14(15)12-22-18/h2,6,9-11,14-15H,1,3-5,7-8,12H2,(H,20,21). The average molecular weight is 298 g/mol. The number of aryl methyl sites for hydroxylation is 1. The molecule has 1 aromatic rings. The molecule has 0 aromatic heterocycles. The predicted octanol–water partition coefficient (Wildman–Crippen LogP) is 4.34. The third-order valence-corrected chi connectivity index (χ3v) is 4.69. The molecule has 0 saturated heterocycles. The van der Waals surface area contributed by atoms with Crippen LogP contribution >= 0.6 is 0 Å². The summed E-state index contributed by atoms with van der Waals surface area (Å²) in [5.74, 6) is 0.799. The Morgan fingerprint density at radius 1 is 1.45 bits per heavy atom. The molecule has 0 spiro atoms. The molecule has 22 heavy (non-hydrogen) atoms. The van der Waals surface area contributed by atoms with Gasteiger partial charge in [0.25, 0.3) is 0 Å². The Bertz CT molecular complexity index is 615. The van der Waals surface area contributed by atoms with E-state index < -0.39 is 5.97 Å². The molecule has 2 aliphatic rings. The normalized spacial score (nSPS) is 22.4. The van der Waals surface area contributed by atoms with Crippen LogP contribution in [0.1, 0.15) is 53.1 Å². The van der Waals surface area contributed by atoms with Crippen molar-refractivity contribution < 1.29 is 14.6 Å². The van der Waals surface area contributed by atoms with E-state index >= 15 is 0 Å². The number of ether oxygens (including phenoxy) is 1. The lowest BCUT2D eigenvalue weighted by molar-refractivity contribution is 0.0695. The van der Waals surface area contributed by atoms with E-state index in [1.807, 2.05) is 18.2 Å². The van der Waals surface area contributed by atoms with Gasteiger partial charge < -0.3 is 9.84 Å². The fourth-order valence-corrected chi connectivity index (χ4v) is 3.50. The van der Waals surface area contributed by atoms with Crippen LogP contribution in [0.3, 0.4) is 0 Å². The molecule has 3 heteroatoms. The van der Waals surface area contributed by atoms with Gasteiger partial charge in [-0.3, -0.25) is 0 Å². The first kappa shape index (κ1) is 14.9. The Labute approximate surface area is 131 Å². The number of allylic oxidation sites excluding steroid dienone is 3. The number of rotatable bonds is 5. The molecule has 2 unspecified atom stereocenters. The molecule has 3 rings (SSSR count). The van der Waals surface area contributed by atoms with Crippen LogP contribution in [0.4, 0.5) is 0 Å². The lowest BCUT2D eigenvalue weighted by Crippen LogP contribution is -2.27. The molecule has 1 aliphatic heterocycles. The highest BCUT2D eigenvalue weighted by atomic mass is 16.5. The van der Waals surface area contributed by atoms with Crippen molar-refractivity contribution >= 4 is 5.97 Å². The fourth-order valence-electron chi connectivity index (χ4n) is 3.50. The minimum absolute atomic E-state index is 0.304. The summed E-state index contributed by atoms with van der Waals surface area (Å²) >= 11 is 0. The summed E-state index contributed by atoms with van der Waals surface area (Å²) < 4.78 is 5.93. The van der Waals surface area contributed by atoms with Gasteiger partial charge in [0.05, 0.1) is 12.2 Å². The number of benzene rings is 1. The number of unbranched alkanes of at least 4 members (excludes halogenated alkanes) is 1. The second-order valence-electron chi connectivity index (χ2n) is 6.14. The summed E-state index contributed by atoms with van der Waals surface area (Å²) in [6.45, 7) is 4.45. The number of fused-ring (bicyclic) bond motifs is 3. The van der Waals surface area contributed by atoms with E-state index in [9.17, 15) is 9.90 Å². The van der Waals surface area contributed by atoms with Crippen molar-refractivity contribution in [1.29, 1.82) is 0 Å². The average Bonchev–Trinajstić information content (AvgIpc) is 2.54. The van der Waals surface area contributed by atoms with Gasteiger partial charge >= 0.3 is 5.97 Å². The Kier molecular flexibility index (Phi) is 4.32. The summed E-state index contributed by atoms with van der Waals surface area (Å²) in [6.07, 6.45) is 11.0. The lowest BCUT2D eigenvalue weighted by Gasteiger charge is -2.34. The van der Waals surface area contributed by atoms with Crippen LogP contribution in [0.15, 0.2) is 36.9 Å². The molecule has 1 heterocycles. The molecule has 3 nitrogen and oxygen atoms in total. The molecule has 1 aromatic carbocycles. The molecule has 0 saturated carbocycles. The van der Waals surface area contributed by atoms with Gasteiger partial charge in [-0.1, -0.05) is 18.2 Å². The van der Waals surface area contributed by atoms with Crippen LogP contribution in [-0.2, 0) is 6.42 Å². The second-order valence-corrected chi connectivity index (χ2v) is 6.14. The zero-order valence-electron chi connectivity index (χ0n) is 12.8. The molecular formula is C19H22O3. The van der Waals surface area contributed by atoms with Crippen LogP contribution in [0, 0.1) is 5.92 Å². The number of carboxylic acid groups (broad SMARTS) is 1. The monoisotopic (exact) mass is 298 g/mol. The maximum Gasteiger partial charge on any atom is 0.335 e. The molecule has 2 atom stereocenters. The first-order chi connectivity index (χ1) is 10.7. The van der Waals surface area contributed by atoms with Crippen molar-refractivity contribution in [3.63, 3.8) is 0 Å². The molecule has 0 bridgehead atoms. The van der Waals surface area contributed by atoms with Gasteiger partial charge in [-0.05, 0) is 49.8 Å². The van der Waals surface area contributed by atoms with E-state index in [-0.39, 0.29) is 0 Å². The van der Waals surface area contributed by atoms with E-state index in [1.54, 1.807) is 0 Å². The van der Waals surface area contributed by atoms with Gasteiger partial charge in [-0.25, -0.2) is 4.79 Å². The van der Waals surface area contributed by atoms with E-state index in [1.165, 1.54) is 0 Å². The number of carboxylic acids is 1. The van der Waals surface area contributed by atoms with Crippen LogP contribution in [-0.4, -0.2) is 17.7 Å². The largest absolute Gasteiger partial charge is 0.493 e. The van der Waals surface area contributed by atoms with Gasteiger partial charge in [0, 0.05) is 17.4 Å². The molecular weight excluding hydrogens is 276 g/mol. The first-order valence-electron chi connectivity index (χ1n) is 8.01. The summed E-state index contributed by atoms with van der Waals surface area (Å²) in [7, 11) is 0. The molecule has 1 aliphatic carbocycles. The quantitative estimate of drug-likeness (QED) is 0.650. The van der Waals surface area contributed by atoms with Gasteiger partial charge in [0.2, 0.25) is 0 Å². The molecule has 0 fully saturated rings. The van der Waals surface area contributed by atoms with Crippen LogP contribution < -0.4 is 4.74 Å². The van der Waals surface area contributed by atoms with Crippen molar-refractivity contribution in [2.45, 2.75) is 38.0 Å². The smallest absolute Gasteiger partial charge is 0.335 e. The Hall–Kier alpha value is -2.03. The summed E-state index contributed by atoms with van der Waals surface area (Å²) in [5, 5.41) is 9.54. The van der Waals surface area contributed by atoms with Crippen LogP contribution in [0.5, 0.6) is 5.75 Å².